The summed E-state index contributed by atoms with van der Waals surface area (Å²) >= 11 is 1.56. The zero-order valence-electron chi connectivity index (χ0n) is 7.68. The number of hydrogen-bond donors (Lipinski definition) is 1. The van der Waals surface area contributed by atoms with Crippen molar-refractivity contribution in [3.63, 3.8) is 0 Å². The summed E-state index contributed by atoms with van der Waals surface area (Å²) in [5.41, 5.74) is 2.18. The van der Waals surface area contributed by atoms with E-state index < -0.39 is 0 Å². The van der Waals surface area contributed by atoms with Crippen LogP contribution in [0.4, 0.5) is 0 Å². The van der Waals surface area contributed by atoms with Crippen LogP contribution in [-0.4, -0.2) is 10.3 Å². The van der Waals surface area contributed by atoms with Gasteiger partial charge in [-0.3, -0.25) is 0 Å². The summed E-state index contributed by atoms with van der Waals surface area (Å²) in [6.07, 6.45) is 0. The van der Waals surface area contributed by atoms with Crippen LogP contribution >= 0.6 is 11.3 Å². The van der Waals surface area contributed by atoms with Gasteiger partial charge < -0.3 is 9.63 Å². The maximum Gasteiger partial charge on any atom is 0.178 e. The highest BCUT2D eigenvalue weighted by molar-refractivity contribution is 7.17. The van der Waals surface area contributed by atoms with Crippen LogP contribution in [0.15, 0.2) is 40.2 Å². The summed E-state index contributed by atoms with van der Waals surface area (Å²) < 4.78 is 6.12. The van der Waals surface area contributed by atoms with Gasteiger partial charge in [-0.2, -0.15) is 0 Å². The topological polar surface area (TPSA) is 46.3 Å². The second-order valence-electron chi connectivity index (χ2n) is 3.16. The molecule has 0 amide bonds. The third-order valence-electron chi connectivity index (χ3n) is 2.24. The second-order valence-corrected chi connectivity index (χ2v) is 4.08. The maximum absolute atomic E-state index is 9.70. The van der Waals surface area contributed by atoms with E-state index in [0.717, 1.165) is 10.3 Å². The Balaban J connectivity index is 2.31. The predicted octanol–water partition coefficient (Wildman–Crippen LogP) is 3.26. The van der Waals surface area contributed by atoms with Crippen molar-refractivity contribution in [2.24, 2.45) is 0 Å². The lowest BCUT2D eigenvalue weighted by molar-refractivity contribution is 0.455. The van der Waals surface area contributed by atoms with E-state index in [1.54, 1.807) is 23.5 Å². The Hall–Kier alpha value is -1.81. The number of nitrogens with zero attached hydrogens (tertiary/aromatic N) is 1. The summed E-state index contributed by atoms with van der Waals surface area (Å²) in [6.45, 7) is 0. The quantitative estimate of drug-likeness (QED) is 0.680. The first-order valence-corrected chi connectivity index (χ1v) is 5.35. The molecule has 0 aliphatic rings. The van der Waals surface area contributed by atoms with Gasteiger partial charge in [-0.05, 0) is 23.6 Å². The SMILES string of the molecule is Oc1ccccc1-c1noc2ccsc12. The average Bonchev–Trinajstić information content (AvgIpc) is 2.80. The third-order valence-corrected chi connectivity index (χ3v) is 3.14. The molecular weight excluding hydrogens is 210 g/mol. The molecular formula is C11H7NO2S. The van der Waals surface area contributed by atoms with Gasteiger partial charge in [0.1, 0.15) is 16.1 Å². The van der Waals surface area contributed by atoms with E-state index in [2.05, 4.69) is 5.16 Å². The first-order chi connectivity index (χ1) is 7.36. The summed E-state index contributed by atoms with van der Waals surface area (Å²) in [5.74, 6) is 0.223. The molecule has 0 atom stereocenters. The fraction of sp³-hybridized carbons (Fsp3) is 0. The molecule has 0 spiro atoms. The van der Waals surface area contributed by atoms with Gasteiger partial charge in [0, 0.05) is 5.56 Å². The molecule has 0 bridgehead atoms. The molecule has 1 aromatic carbocycles. The van der Waals surface area contributed by atoms with E-state index in [0.29, 0.717) is 11.3 Å². The monoisotopic (exact) mass is 217 g/mol. The largest absolute Gasteiger partial charge is 0.507 e. The minimum atomic E-state index is 0.223. The van der Waals surface area contributed by atoms with Gasteiger partial charge in [-0.1, -0.05) is 17.3 Å². The average molecular weight is 217 g/mol. The van der Waals surface area contributed by atoms with Gasteiger partial charge in [0.05, 0.1) is 0 Å². The van der Waals surface area contributed by atoms with Crippen molar-refractivity contribution in [3.8, 4) is 17.0 Å². The van der Waals surface area contributed by atoms with Crippen molar-refractivity contribution in [1.82, 2.24) is 5.16 Å². The van der Waals surface area contributed by atoms with E-state index >= 15 is 0 Å². The zero-order chi connectivity index (χ0) is 10.3. The van der Waals surface area contributed by atoms with Crippen molar-refractivity contribution in [1.29, 1.82) is 0 Å². The molecule has 2 aromatic heterocycles. The molecule has 0 aliphatic carbocycles. The highest BCUT2D eigenvalue weighted by atomic mass is 32.1. The Bertz CT molecular complexity index is 612. The number of para-hydroxylation sites is 1. The fourth-order valence-corrected chi connectivity index (χ4v) is 2.33. The highest BCUT2D eigenvalue weighted by Gasteiger charge is 2.13. The van der Waals surface area contributed by atoms with Gasteiger partial charge in [0.2, 0.25) is 0 Å². The number of phenols is 1. The van der Waals surface area contributed by atoms with Crippen LogP contribution in [0.25, 0.3) is 21.5 Å². The Morgan fingerprint density at radius 3 is 2.93 bits per heavy atom. The van der Waals surface area contributed by atoms with Gasteiger partial charge in [0.15, 0.2) is 5.58 Å². The minimum absolute atomic E-state index is 0.223. The van der Waals surface area contributed by atoms with Gasteiger partial charge in [0.25, 0.3) is 0 Å². The molecule has 3 nitrogen and oxygen atoms in total. The van der Waals surface area contributed by atoms with E-state index in [-0.39, 0.29) is 5.75 Å². The Kier molecular flexibility index (Phi) is 1.76. The molecule has 2 heterocycles. The van der Waals surface area contributed by atoms with Crippen LogP contribution < -0.4 is 0 Å². The summed E-state index contributed by atoms with van der Waals surface area (Å²) in [4.78, 5) is 0. The van der Waals surface area contributed by atoms with Crippen LogP contribution in [0.5, 0.6) is 5.75 Å². The first-order valence-electron chi connectivity index (χ1n) is 4.47. The number of rotatable bonds is 1. The van der Waals surface area contributed by atoms with Crippen LogP contribution in [0.3, 0.4) is 0 Å². The molecule has 74 valence electrons. The van der Waals surface area contributed by atoms with Crippen molar-refractivity contribution in [2.75, 3.05) is 0 Å². The Labute approximate surface area is 89.6 Å². The molecule has 0 unspecified atom stereocenters. The summed E-state index contributed by atoms with van der Waals surface area (Å²) in [6, 6.07) is 8.99. The number of phenolic OH excluding ortho intramolecular Hbond substituents is 1. The van der Waals surface area contributed by atoms with Crippen molar-refractivity contribution >= 4 is 21.6 Å². The van der Waals surface area contributed by atoms with Crippen LogP contribution in [0.1, 0.15) is 0 Å². The van der Waals surface area contributed by atoms with E-state index in [9.17, 15) is 5.11 Å². The van der Waals surface area contributed by atoms with Crippen molar-refractivity contribution in [3.05, 3.63) is 35.7 Å². The summed E-state index contributed by atoms with van der Waals surface area (Å²) in [7, 11) is 0. The molecule has 4 heteroatoms. The fourth-order valence-electron chi connectivity index (χ4n) is 1.52. The van der Waals surface area contributed by atoms with Gasteiger partial charge >= 0.3 is 0 Å². The summed E-state index contributed by atoms with van der Waals surface area (Å²) in [5, 5.41) is 15.6. The molecule has 0 radical (unpaired) electrons. The number of aromatic nitrogens is 1. The Morgan fingerprint density at radius 1 is 1.20 bits per heavy atom. The molecule has 0 saturated carbocycles. The predicted molar refractivity (Wildman–Crippen MR) is 59.0 cm³/mol. The van der Waals surface area contributed by atoms with Crippen molar-refractivity contribution < 1.29 is 9.63 Å². The number of benzene rings is 1. The lowest BCUT2D eigenvalue weighted by Gasteiger charge is -1.98. The van der Waals surface area contributed by atoms with Gasteiger partial charge in [-0.15, -0.1) is 11.3 Å². The number of thiophene rings is 1. The molecule has 0 saturated heterocycles. The van der Waals surface area contributed by atoms with E-state index in [1.165, 1.54) is 0 Å². The van der Waals surface area contributed by atoms with Crippen molar-refractivity contribution in [2.45, 2.75) is 0 Å². The van der Waals surface area contributed by atoms with Crippen LogP contribution in [0, 0.1) is 0 Å². The lowest BCUT2D eigenvalue weighted by atomic mass is 10.1. The second kappa shape index (κ2) is 3.10. The molecule has 15 heavy (non-hydrogen) atoms. The smallest absolute Gasteiger partial charge is 0.178 e. The normalized spacial score (nSPS) is 10.9. The molecule has 3 rings (SSSR count). The molecule has 3 aromatic rings. The molecule has 0 aliphatic heterocycles. The van der Waals surface area contributed by atoms with Gasteiger partial charge in [-0.25, -0.2) is 0 Å². The third kappa shape index (κ3) is 1.22. The standard InChI is InChI=1S/C11H7NO2S/c13-8-4-2-1-3-7(8)10-11-9(14-12-10)5-6-15-11/h1-6,13H. The minimum Gasteiger partial charge on any atom is -0.507 e. The van der Waals surface area contributed by atoms with Crippen LogP contribution in [0.2, 0.25) is 0 Å². The molecule has 0 fully saturated rings. The lowest BCUT2D eigenvalue weighted by Crippen LogP contribution is -1.77. The van der Waals surface area contributed by atoms with E-state index in [1.807, 2.05) is 23.6 Å². The van der Waals surface area contributed by atoms with Crippen LogP contribution in [-0.2, 0) is 0 Å². The number of hydrogen-bond acceptors (Lipinski definition) is 4. The zero-order valence-corrected chi connectivity index (χ0v) is 8.49. The highest BCUT2D eigenvalue weighted by Crippen LogP contribution is 2.35. The molecule has 1 N–H and O–H groups in total. The number of aromatic hydroxyl groups is 1. The maximum atomic E-state index is 9.70. The van der Waals surface area contributed by atoms with E-state index in [4.69, 9.17) is 4.52 Å². The number of fused-ring (bicyclic) bond motifs is 1. The first kappa shape index (κ1) is 8.49. The Morgan fingerprint density at radius 2 is 2.07 bits per heavy atom.